The topological polar surface area (TPSA) is 38.3 Å². The molecular formula is C17H25NO2. The molecule has 1 aliphatic carbocycles. The van der Waals surface area contributed by atoms with Gasteiger partial charge in [-0.25, -0.2) is 4.79 Å². The molecule has 0 saturated heterocycles. The van der Waals surface area contributed by atoms with Gasteiger partial charge in [-0.3, -0.25) is 0 Å². The van der Waals surface area contributed by atoms with Gasteiger partial charge in [-0.05, 0) is 55.7 Å². The molecule has 0 heterocycles. The molecule has 1 atom stereocenters. The number of anilines is 1. The van der Waals surface area contributed by atoms with Gasteiger partial charge in [0.2, 0.25) is 0 Å². The summed E-state index contributed by atoms with van der Waals surface area (Å²) in [6, 6.07) is 8.16. The van der Waals surface area contributed by atoms with Crippen LogP contribution in [-0.4, -0.2) is 18.6 Å². The lowest BCUT2D eigenvalue weighted by Gasteiger charge is -2.43. The normalized spacial score (nSPS) is 25.0. The number of ether oxygens (including phenoxy) is 1. The summed E-state index contributed by atoms with van der Waals surface area (Å²) in [5.74, 6) is -0.146. The van der Waals surface area contributed by atoms with E-state index in [0.29, 0.717) is 0 Å². The molecule has 110 valence electrons. The molecule has 0 aromatic heterocycles. The van der Waals surface area contributed by atoms with E-state index in [0.717, 1.165) is 31.4 Å². The van der Waals surface area contributed by atoms with E-state index in [1.807, 2.05) is 12.1 Å². The molecule has 3 heteroatoms. The summed E-state index contributed by atoms with van der Waals surface area (Å²) in [7, 11) is 1.48. The van der Waals surface area contributed by atoms with Crippen LogP contribution in [0.4, 0.5) is 5.69 Å². The van der Waals surface area contributed by atoms with Crippen molar-refractivity contribution in [3.63, 3.8) is 0 Å². The van der Waals surface area contributed by atoms with Crippen LogP contribution < -0.4 is 5.32 Å². The number of hydrogen-bond acceptors (Lipinski definition) is 3. The van der Waals surface area contributed by atoms with Crippen molar-refractivity contribution in [2.24, 2.45) is 5.41 Å². The monoisotopic (exact) mass is 275 g/mol. The van der Waals surface area contributed by atoms with Gasteiger partial charge in [-0.2, -0.15) is 0 Å². The Kier molecular flexibility index (Phi) is 4.07. The number of rotatable bonds is 3. The van der Waals surface area contributed by atoms with E-state index in [9.17, 15) is 4.79 Å². The summed E-state index contributed by atoms with van der Waals surface area (Å²) < 4.78 is 5.09. The van der Waals surface area contributed by atoms with Crippen LogP contribution in [-0.2, 0) is 9.53 Å². The maximum Gasteiger partial charge on any atom is 0.331 e. The minimum atomic E-state index is -0.593. The lowest BCUT2D eigenvalue weighted by atomic mass is 9.68. The number of carbonyl (C=O) groups excluding carboxylic acids is 1. The lowest BCUT2D eigenvalue weighted by molar-refractivity contribution is -0.148. The average Bonchev–Trinajstić information content (AvgIpc) is 2.36. The first-order chi connectivity index (χ1) is 9.37. The maximum absolute atomic E-state index is 12.4. The summed E-state index contributed by atoms with van der Waals surface area (Å²) in [5, 5.41) is 3.47. The van der Waals surface area contributed by atoms with Crippen LogP contribution in [0.1, 0.15) is 45.1 Å². The number of benzene rings is 1. The molecule has 0 aliphatic heterocycles. The molecule has 1 unspecified atom stereocenters. The molecule has 1 aromatic rings. The Labute approximate surface area is 121 Å². The third kappa shape index (κ3) is 3.14. The first-order valence-corrected chi connectivity index (χ1v) is 7.30. The van der Waals surface area contributed by atoms with E-state index in [1.54, 1.807) is 0 Å². The van der Waals surface area contributed by atoms with Gasteiger partial charge in [0.15, 0.2) is 0 Å². The van der Waals surface area contributed by atoms with Gasteiger partial charge in [0, 0.05) is 5.69 Å². The number of methoxy groups -OCH3 is 1. The average molecular weight is 275 g/mol. The zero-order valence-corrected chi connectivity index (χ0v) is 13.0. The molecule has 1 aromatic carbocycles. The number of esters is 1. The first-order valence-electron chi connectivity index (χ1n) is 7.30. The van der Waals surface area contributed by atoms with Crippen molar-refractivity contribution in [3.05, 3.63) is 29.8 Å². The van der Waals surface area contributed by atoms with Gasteiger partial charge in [0.1, 0.15) is 5.54 Å². The van der Waals surface area contributed by atoms with Crippen LogP contribution in [0.5, 0.6) is 0 Å². The Bertz CT molecular complexity index is 496. The number of carbonyl (C=O) groups is 1. The standard InChI is InChI=1S/C17H25NO2/c1-13-7-5-8-14(11-13)18-17(15(19)20-4)10-6-9-16(2,3)12-17/h5,7-8,11,18H,6,9-10,12H2,1-4H3. The van der Waals surface area contributed by atoms with Crippen LogP contribution in [0, 0.1) is 12.3 Å². The summed E-state index contributed by atoms with van der Waals surface area (Å²) in [5.41, 5.74) is 1.74. The molecule has 20 heavy (non-hydrogen) atoms. The van der Waals surface area contributed by atoms with Crippen molar-refractivity contribution in [2.45, 2.75) is 52.0 Å². The molecule has 1 saturated carbocycles. The first kappa shape index (κ1) is 14.9. The zero-order valence-electron chi connectivity index (χ0n) is 13.0. The van der Waals surface area contributed by atoms with Gasteiger partial charge in [0.05, 0.1) is 7.11 Å². The smallest absolute Gasteiger partial charge is 0.331 e. The van der Waals surface area contributed by atoms with E-state index >= 15 is 0 Å². The van der Waals surface area contributed by atoms with Crippen molar-refractivity contribution < 1.29 is 9.53 Å². The third-order valence-electron chi connectivity index (χ3n) is 4.22. The quantitative estimate of drug-likeness (QED) is 0.850. The fourth-order valence-electron chi connectivity index (χ4n) is 3.39. The minimum absolute atomic E-state index is 0.146. The van der Waals surface area contributed by atoms with Crippen molar-refractivity contribution in [3.8, 4) is 0 Å². The zero-order chi connectivity index (χ0) is 14.8. The fourth-order valence-corrected chi connectivity index (χ4v) is 3.39. The number of hydrogen-bond donors (Lipinski definition) is 1. The second-order valence-corrected chi connectivity index (χ2v) is 6.76. The SMILES string of the molecule is COC(=O)C1(Nc2cccc(C)c2)CCCC(C)(C)C1. The fraction of sp³-hybridized carbons (Fsp3) is 0.588. The molecular weight excluding hydrogens is 250 g/mol. The Morgan fingerprint density at radius 2 is 2.05 bits per heavy atom. The minimum Gasteiger partial charge on any atom is -0.467 e. The number of nitrogens with one attached hydrogen (secondary N) is 1. The Hall–Kier alpha value is -1.51. The molecule has 1 fully saturated rings. The van der Waals surface area contributed by atoms with E-state index in [-0.39, 0.29) is 11.4 Å². The van der Waals surface area contributed by atoms with Crippen molar-refractivity contribution in [1.29, 1.82) is 0 Å². The largest absolute Gasteiger partial charge is 0.467 e. The molecule has 0 bridgehead atoms. The maximum atomic E-state index is 12.4. The highest BCUT2D eigenvalue weighted by Gasteiger charge is 2.46. The summed E-state index contributed by atoms with van der Waals surface area (Å²) >= 11 is 0. The van der Waals surface area contributed by atoms with E-state index in [2.05, 4.69) is 38.2 Å². The van der Waals surface area contributed by atoms with Crippen LogP contribution in [0.15, 0.2) is 24.3 Å². The highest BCUT2D eigenvalue weighted by atomic mass is 16.5. The van der Waals surface area contributed by atoms with Gasteiger partial charge in [-0.1, -0.05) is 26.0 Å². The Morgan fingerprint density at radius 3 is 2.65 bits per heavy atom. The van der Waals surface area contributed by atoms with Crippen molar-refractivity contribution in [1.82, 2.24) is 0 Å². The van der Waals surface area contributed by atoms with E-state index < -0.39 is 5.54 Å². The highest BCUT2D eigenvalue weighted by Crippen LogP contribution is 2.43. The van der Waals surface area contributed by atoms with E-state index in [4.69, 9.17) is 4.74 Å². The van der Waals surface area contributed by atoms with Crippen LogP contribution in [0.2, 0.25) is 0 Å². The summed E-state index contributed by atoms with van der Waals surface area (Å²) in [6.07, 6.45) is 3.83. The number of aryl methyl sites for hydroxylation is 1. The van der Waals surface area contributed by atoms with Gasteiger partial charge in [0.25, 0.3) is 0 Å². The third-order valence-corrected chi connectivity index (χ3v) is 4.22. The van der Waals surface area contributed by atoms with Crippen molar-refractivity contribution >= 4 is 11.7 Å². The van der Waals surface area contributed by atoms with E-state index in [1.165, 1.54) is 12.7 Å². The van der Waals surface area contributed by atoms with Gasteiger partial charge in [-0.15, -0.1) is 0 Å². The molecule has 3 nitrogen and oxygen atoms in total. The molecule has 0 amide bonds. The van der Waals surface area contributed by atoms with Gasteiger partial charge < -0.3 is 10.1 Å². The summed E-state index contributed by atoms with van der Waals surface area (Å²) in [6.45, 7) is 6.50. The van der Waals surface area contributed by atoms with Crippen LogP contribution in [0.3, 0.4) is 0 Å². The highest BCUT2D eigenvalue weighted by molar-refractivity contribution is 5.84. The van der Waals surface area contributed by atoms with Crippen molar-refractivity contribution in [2.75, 3.05) is 12.4 Å². The molecule has 0 spiro atoms. The Balaban J connectivity index is 2.30. The van der Waals surface area contributed by atoms with Crippen LogP contribution >= 0.6 is 0 Å². The second kappa shape index (κ2) is 5.47. The predicted octanol–water partition coefficient (Wildman–Crippen LogP) is 3.92. The lowest BCUT2D eigenvalue weighted by Crippen LogP contribution is -2.52. The summed E-state index contributed by atoms with van der Waals surface area (Å²) in [4.78, 5) is 12.4. The molecule has 2 rings (SSSR count). The predicted molar refractivity (Wildman–Crippen MR) is 81.8 cm³/mol. The molecule has 1 aliphatic rings. The molecule has 1 N–H and O–H groups in total. The van der Waals surface area contributed by atoms with Gasteiger partial charge >= 0.3 is 5.97 Å². The Morgan fingerprint density at radius 1 is 1.30 bits per heavy atom. The molecule has 0 radical (unpaired) electrons. The van der Waals surface area contributed by atoms with Crippen LogP contribution in [0.25, 0.3) is 0 Å². The second-order valence-electron chi connectivity index (χ2n) is 6.76.